The number of benzene rings is 1. The molecule has 0 spiro atoms. The van der Waals surface area contributed by atoms with Gasteiger partial charge in [0.15, 0.2) is 5.54 Å². The Morgan fingerprint density at radius 2 is 1.74 bits per heavy atom. The first-order valence-electron chi connectivity index (χ1n) is 9.65. The molecule has 14 heteroatoms. The number of aromatic nitrogens is 2. The molecule has 1 aromatic heterocycles. The Labute approximate surface area is 194 Å². The predicted octanol–water partition coefficient (Wildman–Crippen LogP) is 4.07. The fraction of sp³-hybridized carbons (Fsp3) is 0.400. The van der Waals surface area contributed by atoms with Crippen LogP contribution in [0.15, 0.2) is 43.0 Å². The van der Waals surface area contributed by atoms with E-state index in [1.165, 1.54) is 6.92 Å². The van der Waals surface area contributed by atoms with Crippen LogP contribution in [0.2, 0.25) is 0 Å². The lowest BCUT2D eigenvalue weighted by atomic mass is 9.85. The van der Waals surface area contributed by atoms with E-state index < -0.39 is 59.9 Å². The first-order valence-corrected chi connectivity index (χ1v) is 10.1. The third-order valence-electron chi connectivity index (χ3n) is 5.17. The van der Waals surface area contributed by atoms with E-state index in [-0.39, 0.29) is 11.3 Å². The molecule has 1 aliphatic carbocycles. The zero-order valence-corrected chi connectivity index (χ0v) is 18.1. The van der Waals surface area contributed by atoms with E-state index >= 15 is 0 Å². The number of rotatable bonds is 7. The van der Waals surface area contributed by atoms with Crippen LogP contribution in [0, 0.1) is 0 Å². The number of hydrogen-bond donors (Lipinski definition) is 1. The van der Waals surface area contributed by atoms with E-state index in [1.807, 2.05) is 0 Å². The highest BCUT2D eigenvalue weighted by Crippen LogP contribution is 2.40. The largest absolute Gasteiger partial charge is 0.573 e. The van der Waals surface area contributed by atoms with Gasteiger partial charge in [0.1, 0.15) is 12.1 Å². The van der Waals surface area contributed by atoms with Crippen molar-refractivity contribution >= 4 is 29.1 Å². The van der Waals surface area contributed by atoms with E-state index in [1.54, 1.807) is 0 Å². The van der Waals surface area contributed by atoms with Gasteiger partial charge in [-0.3, -0.25) is 14.5 Å². The molecule has 1 fully saturated rings. The molecule has 3 rings (SSSR count). The Morgan fingerprint density at radius 1 is 1.18 bits per heavy atom. The van der Waals surface area contributed by atoms with Crippen LogP contribution < -0.4 is 15.0 Å². The van der Waals surface area contributed by atoms with Crippen LogP contribution in [-0.4, -0.2) is 45.7 Å². The molecular formula is C20H17ClF6N4O3. The second-order valence-corrected chi connectivity index (χ2v) is 8.03. The van der Waals surface area contributed by atoms with E-state index in [0.29, 0.717) is 4.90 Å². The van der Waals surface area contributed by atoms with Gasteiger partial charge in [0.25, 0.3) is 23.4 Å². The van der Waals surface area contributed by atoms with Crippen LogP contribution in [0.4, 0.5) is 32.0 Å². The molecule has 0 bridgehead atoms. The van der Waals surface area contributed by atoms with E-state index in [9.17, 15) is 35.9 Å². The summed E-state index contributed by atoms with van der Waals surface area (Å²) in [5, 5.41) is 2.39. The molecule has 0 unspecified atom stereocenters. The van der Waals surface area contributed by atoms with Crippen LogP contribution in [-0.2, 0) is 15.1 Å². The Bertz CT molecular complexity index is 1030. The van der Waals surface area contributed by atoms with Gasteiger partial charge in [0.2, 0.25) is 0 Å². The summed E-state index contributed by atoms with van der Waals surface area (Å²) >= 11 is 5.38. The number of nitrogens with zero attached hydrogens (tertiary/aromatic N) is 3. The Morgan fingerprint density at radius 3 is 2.21 bits per heavy atom. The van der Waals surface area contributed by atoms with Gasteiger partial charge in [-0.2, -0.15) is 0 Å². The SMILES string of the molecule is C[C@@](C(=O)NC1CC(F)(F)C1)(c1cncnc1)N(C(=O)[C@H](F)Cl)c1ccc(OC(F)(F)F)cc1. The summed E-state index contributed by atoms with van der Waals surface area (Å²) in [6, 6.07) is 2.72. The van der Waals surface area contributed by atoms with Gasteiger partial charge in [0, 0.05) is 42.5 Å². The van der Waals surface area contributed by atoms with Gasteiger partial charge in [-0.25, -0.2) is 23.1 Å². The molecule has 2 aromatic rings. The molecule has 1 N–H and O–H groups in total. The number of carbonyl (C=O) groups is 2. The van der Waals surface area contributed by atoms with Crippen LogP contribution in [0.3, 0.4) is 0 Å². The molecule has 2 amide bonds. The average Bonchev–Trinajstić information content (AvgIpc) is 2.73. The minimum absolute atomic E-state index is 0.0418. The zero-order valence-electron chi connectivity index (χ0n) is 17.3. The molecule has 1 aliphatic rings. The van der Waals surface area contributed by atoms with Crippen molar-refractivity contribution in [1.29, 1.82) is 0 Å². The minimum Gasteiger partial charge on any atom is -0.406 e. The van der Waals surface area contributed by atoms with Gasteiger partial charge in [-0.05, 0) is 31.2 Å². The van der Waals surface area contributed by atoms with Crippen LogP contribution >= 0.6 is 11.6 Å². The van der Waals surface area contributed by atoms with Crippen molar-refractivity contribution in [3.63, 3.8) is 0 Å². The molecule has 0 radical (unpaired) electrons. The Hall–Kier alpha value is -3.09. The number of hydrogen-bond acceptors (Lipinski definition) is 5. The molecule has 0 aliphatic heterocycles. The van der Waals surface area contributed by atoms with Crippen molar-refractivity contribution in [3.05, 3.63) is 48.5 Å². The molecule has 7 nitrogen and oxygen atoms in total. The van der Waals surface area contributed by atoms with Crippen molar-refractivity contribution in [2.75, 3.05) is 4.90 Å². The lowest BCUT2D eigenvalue weighted by Crippen LogP contribution is -2.62. The average molecular weight is 511 g/mol. The smallest absolute Gasteiger partial charge is 0.406 e. The number of halogens is 7. The lowest BCUT2D eigenvalue weighted by Gasteiger charge is -2.43. The summed E-state index contributed by atoms with van der Waals surface area (Å²) in [5.74, 6) is -6.03. The van der Waals surface area contributed by atoms with Gasteiger partial charge >= 0.3 is 6.36 Å². The number of ether oxygens (including phenoxy) is 1. The summed E-state index contributed by atoms with van der Waals surface area (Å²) in [5.41, 5.74) is -5.06. The standard InChI is InChI=1S/C20H17ClF6N4O3/c1-18(11-8-28-10-29-9-11,17(33)30-12-6-19(23,24)7-12)31(16(32)15(21)22)13-2-4-14(5-3-13)34-20(25,26)27/h2-5,8-10,12,15H,6-7H2,1H3,(H,30,33)/t15-,18-/m0/s1. The van der Waals surface area contributed by atoms with Crippen LogP contribution in [0.1, 0.15) is 25.3 Å². The summed E-state index contributed by atoms with van der Waals surface area (Å²) in [6.45, 7) is 1.18. The quantitative estimate of drug-likeness (QED) is 0.448. The van der Waals surface area contributed by atoms with Gasteiger partial charge in [0.05, 0.1) is 0 Å². The third-order valence-corrected chi connectivity index (χ3v) is 5.36. The maximum Gasteiger partial charge on any atom is 0.573 e. The van der Waals surface area contributed by atoms with Crippen LogP contribution in [0.25, 0.3) is 0 Å². The van der Waals surface area contributed by atoms with Crippen molar-refractivity contribution in [3.8, 4) is 5.75 Å². The first kappa shape index (κ1) is 25.5. The third kappa shape index (κ3) is 5.51. The molecule has 1 aromatic carbocycles. The molecule has 1 heterocycles. The highest BCUT2D eigenvalue weighted by atomic mass is 35.5. The summed E-state index contributed by atoms with van der Waals surface area (Å²) < 4.78 is 81.8. The van der Waals surface area contributed by atoms with Gasteiger partial charge in [-0.15, -0.1) is 13.2 Å². The van der Waals surface area contributed by atoms with Gasteiger partial charge < -0.3 is 10.1 Å². The number of carbonyl (C=O) groups excluding carboxylic acids is 2. The molecule has 34 heavy (non-hydrogen) atoms. The molecular weight excluding hydrogens is 494 g/mol. The predicted molar refractivity (Wildman–Crippen MR) is 107 cm³/mol. The van der Waals surface area contributed by atoms with Crippen molar-refractivity contribution in [2.24, 2.45) is 0 Å². The number of amides is 2. The highest BCUT2D eigenvalue weighted by Gasteiger charge is 2.51. The topological polar surface area (TPSA) is 84.4 Å². The Balaban J connectivity index is 2.06. The summed E-state index contributed by atoms with van der Waals surface area (Å²) in [7, 11) is 0. The number of anilines is 1. The van der Waals surface area contributed by atoms with E-state index in [2.05, 4.69) is 20.0 Å². The van der Waals surface area contributed by atoms with Gasteiger partial charge in [-0.1, -0.05) is 11.6 Å². The highest BCUT2D eigenvalue weighted by molar-refractivity contribution is 6.32. The van der Waals surface area contributed by atoms with Crippen LogP contribution in [0.5, 0.6) is 5.75 Å². The Kier molecular flexibility index (Phi) is 6.97. The summed E-state index contributed by atoms with van der Waals surface area (Å²) in [6.07, 6.45) is -2.87. The normalized spacial score (nSPS) is 18.2. The monoisotopic (exact) mass is 510 g/mol. The minimum atomic E-state index is -4.99. The maximum absolute atomic E-state index is 14.0. The fourth-order valence-electron chi connectivity index (χ4n) is 3.50. The number of nitrogens with one attached hydrogen (secondary N) is 1. The molecule has 1 saturated carbocycles. The van der Waals surface area contributed by atoms with E-state index in [0.717, 1.165) is 43.0 Å². The van der Waals surface area contributed by atoms with Crippen molar-refractivity contribution in [2.45, 2.75) is 49.3 Å². The molecule has 0 saturated heterocycles. The zero-order chi connectivity index (χ0) is 25.3. The lowest BCUT2D eigenvalue weighted by molar-refractivity contribution is -0.274. The van der Waals surface area contributed by atoms with Crippen molar-refractivity contribution < 1.29 is 40.7 Å². The second kappa shape index (κ2) is 9.28. The first-order chi connectivity index (χ1) is 15.7. The molecule has 2 atom stereocenters. The maximum atomic E-state index is 14.0. The van der Waals surface area contributed by atoms with Crippen molar-refractivity contribution in [1.82, 2.24) is 15.3 Å². The molecule has 184 valence electrons. The fourth-order valence-corrected chi connectivity index (χ4v) is 3.60. The summed E-state index contributed by atoms with van der Waals surface area (Å²) in [4.78, 5) is 34.3. The number of alkyl halides is 7. The second-order valence-electron chi connectivity index (χ2n) is 7.65. The van der Waals surface area contributed by atoms with E-state index in [4.69, 9.17) is 11.6 Å².